The molecule has 4 atom stereocenters. The topological polar surface area (TPSA) is 171 Å². The maximum atomic E-state index is 15.3. The number of aryl methyl sites for hydroxylation is 2. The van der Waals surface area contributed by atoms with Gasteiger partial charge in [0.1, 0.15) is 6.04 Å². The van der Waals surface area contributed by atoms with Crippen molar-refractivity contribution < 1.29 is 33.4 Å². The van der Waals surface area contributed by atoms with E-state index in [4.69, 9.17) is 24.9 Å². The fraction of sp³-hybridized carbons (Fsp3) is 0.742. The van der Waals surface area contributed by atoms with Crippen LogP contribution in [-0.2, 0) is 46.4 Å². The maximum Gasteiger partial charge on any atom is 0.293 e. The minimum Gasteiger partial charge on any atom is -0.467 e. The van der Waals surface area contributed by atoms with Crippen LogP contribution >= 0.6 is 0 Å². The third-order valence-corrected chi connectivity index (χ3v) is 18.9. The summed E-state index contributed by atoms with van der Waals surface area (Å²) in [7, 11) is 3.58. The molecular formula is C66H108N10O7. The molecule has 83 heavy (non-hydrogen) atoms. The number of nitrogens with two attached hydrogens (primary N) is 1. The number of aromatic nitrogens is 2. The molecule has 17 heteroatoms. The first-order valence-corrected chi connectivity index (χ1v) is 32.0. The number of pyridine rings is 1. The van der Waals surface area contributed by atoms with Gasteiger partial charge in [-0.05, 0) is 172 Å². The highest BCUT2D eigenvalue weighted by atomic mass is 16.5. The molecule has 6 heterocycles. The van der Waals surface area contributed by atoms with Crippen molar-refractivity contribution in [2.45, 2.75) is 196 Å². The Morgan fingerprint density at radius 1 is 0.964 bits per heavy atom. The smallest absolute Gasteiger partial charge is 0.293 e. The lowest BCUT2D eigenvalue weighted by atomic mass is 9.76. The van der Waals surface area contributed by atoms with Crippen LogP contribution in [0.15, 0.2) is 30.5 Å². The molecule has 0 radical (unpaired) electrons. The summed E-state index contributed by atoms with van der Waals surface area (Å²) in [6.45, 7) is 35.0. The molecule has 4 saturated heterocycles. The van der Waals surface area contributed by atoms with Crippen molar-refractivity contribution in [3.63, 3.8) is 0 Å². The first kappa shape index (κ1) is 65.9. The quantitative estimate of drug-likeness (QED) is 0.0480. The molecule has 3 N–H and O–H groups in total. The van der Waals surface area contributed by atoms with Gasteiger partial charge in [-0.25, -0.2) is 0 Å². The van der Waals surface area contributed by atoms with Gasteiger partial charge in [0, 0.05) is 130 Å². The molecule has 4 unspecified atom stereocenters. The fourth-order valence-corrected chi connectivity index (χ4v) is 14.2. The number of fused-ring (bicyclic) bond motifs is 1. The molecule has 464 valence electrons. The van der Waals surface area contributed by atoms with Gasteiger partial charge in [0.25, 0.3) is 6.47 Å². The number of likely N-dealkylation sites (tertiary alicyclic amines) is 3. The molecule has 3 aromatic rings. The molecule has 0 bridgehead atoms. The van der Waals surface area contributed by atoms with Gasteiger partial charge in [0.15, 0.2) is 0 Å². The standard InChI is InChI=1S/C57H89N9O7.C9H19N/c1-12-62(43-17-18-47-44(30-43)46(31-55(8,9)35-73-38-67)52(65(47)13-2)45-29-40(5)32-59-49(45)41(6)71-11)26-19-48(64-33-56(34-64)36-72-37-56)50(54(70)61(10)24-15-14-23-58)60-53(69)51(39(3)4)66-25-16-20-57(66)21-27-63(28-22-57)42(7)68;1-3-7-10(8-4-2)9-5-6-9/h17-18,29-30,32,38-39,41,48,50-51H,12-16,19-28,31,33-37,58H2,1-11H3,(H,60,69);9H,3-8H2,1-2H3. The minimum absolute atomic E-state index is 0.00422. The number of unbranched alkanes of at least 4 members (excludes halogenated alkanes) is 1. The summed E-state index contributed by atoms with van der Waals surface area (Å²) in [5.74, 6) is -0.0783. The number of nitrogens with zero attached hydrogens (tertiary/aromatic N) is 8. The second-order valence-corrected chi connectivity index (χ2v) is 26.4. The van der Waals surface area contributed by atoms with Crippen LogP contribution in [-0.4, -0.2) is 194 Å². The lowest BCUT2D eigenvalue weighted by molar-refractivity contribution is -0.201. The molecule has 5 aliphatic rings. The molecule has 1 aromatic carbocycles. The normalized spacial score (nSPS) is 19.3. The number of benzene rings is 1. The van der Waals surface area contributed by atoms with Gasteiger partial charge in [0.2, 0.25) is 17.7 Å². The number of carbonyl (C=O) groups is 4. The average molecular weight is 1150 g/mol. The van der Waals surface area contributed by atoms with Gasteiger partial charge in [-0.2, -0.15) is 0 Å². The third-order valence-electron chi connectivity index (χ3n) is 18.9. The molecule has 1 saturated carbocycles. The summed E-state index contributed by atoms with van der Waals surface area (Å²) in [5, 5.41) is 4.63. The molecule has 3 amide bonds. The summed E-state index contributed by atoms with van der Waals surface area (Å²) in [4.78, 5) is 73.0. The van der Waals surface area contributed by atoms with Crippen molar-refractivity contribution in [2.24, 2.45) is 22.5 Å². The third kappa shape index (κ3) is 15.7. The van der Waals surface area contributed by atoms with E-state index in [-0.39, 0.29) is 58.8 Å². The summed E-state index contributed by atoms with van der Waals surface area (Å²) in [5.41, 5.74) is 12.8. The number of piperidine rings is 1. The van der Waals surface area contributed by atoms with Crippen LogP contribution in [0.4, 0.5) is 5.69 Å². The highest BCUT2D eigenvalue weighted by Gasteiger charge is 2.54. The van der Waals surface area contributed by atoms with Crippen molar-refractivity contribution in [3.05, 3.63) is 47.3 Å². The van der Waals surface area contributed by atoms with E-state index in [1.807, 2.05) is 30.0 Å². The molecular weight excluding hydrogens is 1040 g/mol. The van der Waals surface area contributed by atoms with Crippen molar-refractivity contribution in [1.82, 2.24) is 39.4 Å². The Morgan fingerprint density at radius 3 is 2.23 bits per heavy atom. The largest absolute Gasteiger partial charge is 0.467 e. The van der Waals surface area contributed by atoms with Crippen LogP contribution < -0.4 is 16.0 Å². The molecule has 1 aliphatic carbocycles. The Bertz CT molecular complexity index is 2590. The van der Waals surface area contributed by atoms with Gasteiger partial charge in [-0.3, -0.25) is 34.0 Å². The van der Waals surface area contributed by atoms with E-state index in [1.54, 1.807) is 14.0 Å². The zero-order chi connectivity index (χ0) is 60.2. The van der Waals surface area contributed by atoms with Crippen LogP contribution in [0, 0.1) is 23.7 Å². The lowest BCUT2D eigenvalue weighted by Crippen LogP contribution is -2.72. The zero-order valence-corrected chi connectivity index (χ0v) is 53.5. The predicted molar refractivity (Wildman–Crippen MR) is 333 cm³/mol. The van der Waals surface area contributed by atoms with Crippen LogP contribution in [0.3, 0.4) is 0 Å². The van der Waals surface area contributed by atoms with Crippen LogP contribution in [0.2, 0.25) is 0 Å². The molecule has 2 spiro atoms. The number of methoxy groups -OCH3 is 1. The van der Waals surface area contributed by atoms with Crippen LogP contribution in [0.5, 0.6) is 0 Å². The van der Waals surface area contributed by atoms with E-state index in [1.165, 1.54) is 38.8 Å². The average Bonchev–Trinajstić information content (AvgIpc) is 4.06. The number of carbonyl (C=O) groups excluding carboxylic acids is 4. The van der Waals surface area contributed by atoms with Gasteiger partial charge in [-0.1, -0.05) is 41.5 Å². The van der Waals surface area contributed by atoms with Crippen molar-refractivity contribution in [2.75, 3.05) is 111 Å². The van der Waals surface area contributed by atoms with Crippen molar-refractivity contribution in [3.8, 4) is 11.3 Å². The van der Waals surface area contributed by atoms with E-state index in [0.717, 1.165) is 122 Å². The van der Waals surface area contributed by atoms with E-state index in [0.29, 0.717) is 65.3 Å². The van der Waals surface area contributed by atoms with Crippen LogP contribution in [0.25, 0.3) is 22.2 Å². The SMILES string of the molecule is CCCN(CCC)C1CC1.CCN(CCC(C(NC(=O)C(C(C)C)N1CCCC12CCN(C(C)=O)CC2)C(=O)N(C)CCCCN)N1CC2(COC2)C1)c1ccc2c(c1)c(CC(C)(C)COC=O)c(-c1cc(C)cnc1C(C)OC)n2CC. The monoisotopic (exact) mass is 1150 g/mol. The van der Waals surface area contributed by atoms with Crippen molar-refractivity contribution in [1.29, 1.82) is 0 Å². The number of anilines is 1. The lowest BCUT2D eigenvalue weighted by Gasteiger charge is -2.58. The van der Waals surface area contributed by atoms with E-state index < -0.39 is 12.1 Å². The Kier molecular flexibility index (Phi) is 23.5. The van der Waals surface area contributed by atoms with E-state index in [9.17, 15) is 9.59 Å². The number of ether oxygens (including phenoxy) is 3. The summed E-state index contributed by atoms with van der Waals surface area (Å²) in [6.07, 6.45) is 13.7. The second kappa shape index (κ2) is 29.6. The van der Waals surface area contributed by atoms with Crippen molar-refractivity contribution >= 4 is 40.8 Å². The molecule has 2 aromatic heterocycles. The predicted octanol–water partition coefficient (Wildman–Crippen LogP) is 8.85. The summed E-state index contributed by atoms with van der Waals surface area (Å²) in [6, 6.07) is 8.45. The zero-order valence-electron chi connectivity index (χ0n) is 53.5. The molecule has 17 nitrogen and oxygen atoms in total. The second-order valence-electron chi connectivity index (χ2n) is 26.4. The molecule has 4 aliphatic heterocycles. The Morgan fingerprint density at radius 2 is 1.66 bits per heavy atom. The molecule has 5 fully saturated rings. The van der Waals surface area contributed by atoms with Gasteiger partial charge >= 0.3 is 0 Å². The highest BCUT2D eigenvalue weighted by molar-refractivity contribution is 5.95. The Labute approximate surface area is 499 Å². The number of hydrogen-bond acceptors (Lipinski definition) is 13. The summed E-state index contributed by atoms with van der Waals surface area (Å²) < 4.78 is 19.5. The minimum atomic E-state index is -0.788. The van der Waals surface area contributed by atoms with E-state index in [2.05, 4.69) is 116 Å². The summed E-state index contributed by atoms with van der Waals surface area (Å²) >= 11 is 0. The first-order chi connectivity index (χ1) is 39.7. The number of likely N-dealkylation sites (N-methyl/N-ethyl adjacent to an activating group) is 1. The highest BCUT2D eigenvalue weighted by Crippen LogP contribution is 2.45. The number of rotatable bonds is 30. The Hall–Kier alpha value is -4.65. The van der Waals surface area contributed by atoms with Gasteiger partial charge in [-0.15, -0.1) is 0 Å². The number of hydrogen-bond donors (Lipinski definition) is 2. The van der Waals surface area contributed by atoms with Gasteiger partial charge in [0.05, 0.1) is 43.4 Å². The first-order valence-electron chi connectivity index (χ1n) is 32.0. The number of nitrogens with one attached hydrogen (secondary N) is 1. The Balaban J connectivity index is 0.000000894. The van der Waals surface area contributed by atoms with Crippen LogP contribution in [0.1, 0.15) is 163 Å². The number of amides is 3. The maximum absolute atomic E-state index is 15.3. The van der Waals surface area contributed by atoms with Gasteiger partial charge < -0.3 is 49.4 Å². The fourth-order valence-electron chi connectivity index (χ4n) is 14.2. The van der Waals surface area contributed by atoms with E-state index >= 15 is 9.59 Å². The molecule has 8 rings (SSSR count).